The molecular weight excluding hydrogens is 382 g/mol. The summed E-state index contributed by atoms with van der Waals surface area (Å²) < 4.78 is 5.93. The number of rotatable bonds is 4. The van der Waals surface area contributed by atoms with E-state index in [0.717, 1.165) is 49.9 Å². The Bertz CT molecular complexity index is 1020. The molecule has 3 aromatic rings. The second kappa shape index (κ2) is 7.74. The van der Waals surface area contributed by atoms with Gasteiger partial charge in [0.15, 0.2) is 5.75 Å². The number of anilines is 2. The summed E-state index contributed by atoms with van der Waals surface area (Å²) in [4.78, 5) is 14.4. The molecule has 2 aromatic heterocycles. The van der Waals surface area contributed by atoms with Crippen LogP contribution < -0.4 is 15.4 Å². The second-order valence-electron chi connectivity index (χ2n) is 7.77. The minimum Gasteiger partial charge on any atom is -0.484 e. The first-order valence-corrected chi connectivity index (χ1v) is 10.9. The van der Waals surface area contributed by atoms with Crippen LogP contribution in [-0.4, -0.2) is 41.0 Å². The van der Waals surface area contributed by atoms with E-state index >= 15 is 0 Å². The maximum atomic E-state index is 5.93. The van der Waals surface area contributed by atoms with E-state index in [0.29, 0.717) is 12.6 Å². The van der Waals surface area contributed by atoms with Crippen LogP contribution >= 0.6 is 11.3 Å². The van der Waals surface area contributed by atoms with Crippen molar-refractivity contribution in [2.45, 2.75) is 27.0 Å². The third-order valence-corrected chi connectivity index (χ3v) is 6.39. The Morgan fingerprint density at radius 3 is 2.72 bits per heavy atom. The zero-order valence-electron chi connectivity index (χ0n) is 16.8. The maximum Gasteiger partial charge on any atom is 0.227 e. The van der Waals surface area contributed by atoms with E-state index in [4.69, 9.17) is 9.72 Å². The number of benzene rings is 1. The fourth-order valence-electron chi connectivity index (χ4n) is 4.01. The maximum absolute atomic E-state index is 5.93. The molecule has 0 spiro atoms. The number of piperazine rings is 1. The minimum absolute atomic E-state index is 0.597. The third-order valence-electron chi connectivity index (χ3n) is 5.30. The number of thiophene rings is 1. The predicted molar refractivity (Wildman–Crippen MR) is 117 cm³/mol. The number of aryl methyl sites for hydroxylation is 2. The van der Waals surface area contributed by atoms with Gasteiger partial charge in [-0.25, -0.2) is 9.97 Å². The monoisotopic (exact) mass is 407 g/mol. The van der Waals surface area contributed by atoms with E-state index in [1.165, 1.54) is 26.4 Å². The van der Waals surface area contributed by atoms with Gasteiger partial charge in [0.1, 0.15) is 12.3 Å². The molecule has 0 amide bonds. The molecule has 1 fully saturated rings. The van der Waals surface area contributed by atoms with Crippen LogP contribution in [0.25, 0.3) is 11.3 Å². The van der Waals surface area contributed by atoms with Gasteiger partial charge in [-0.1, -0.05) is 6.07 Å². The molecule has 1 aromatic carbocycles. The summed E-state index contributed by atoms with van der Waals surface area (Å²) in [6, 6.07) is 8.66. The molecule has 6 nitrogen and oxygen atoms in total. The van der Waals surface area contributed by atoms with E-state index in [-0.39, 0.29) is 0 Å². The Morgan fingerprint density at radius 1 is 1.14 bits per heavy atom. The highest BCUT2D eigenvalue weighted by molar-refractivity contribution is 7.12. The van der Waals surface area contributed by atoms with Crippen molar-refractivity contribution in [3.63, 3.8) is 0 Å². The summed E-state index contributed by atoms with van der Waals surface area (Å²) in [5.41, 5.74) is 5.50. The largest absolute Gasteiger partial charge is 0.484 e. The van der Waals surface area contributed by atoms with Crippen LogP contribution in [0.3, 0.4) is 0 Å². The van der Waals surface area contributed by atoms with Gasteiger partial charge in [-0.05, 0) is 43.2 Å². The third kappa shape index (κ3) is 3.99. The molecule has 0 bridgehead atoms. The number of hydrogen-bond donors (Lipinski definition) is 2. The van der Waals surface area contributed by atoms with Crippen molar-refractivity contribution < 1.29 is 4.74 Å². The Labute approximate surface area is 175 Å². The van der Waals surface area contributed by atoms with E-state index in [2.05, 4.69) is 58.6 Å². The Morgan fingerprint density at radius 2 is 1.93 bits per heavy atom. The molecule has 2 aliphatic heterocycles. The second-order valence-corrected chi connectivity index (χ2v) is 8.99. The lowest BCUT2D eigenvalue weighted by Crippen LogP contribution is -2.42. The highest BCUT2D eigenvalue weighted by Crippen LogP contribution is 2.41. The molecule has 2 N–H and O–H groups in total. The van der Waals surface area contributed by atoms with Gasteiger partial charge in [0.25, 0.3) is 0 Å². The highest BCUT2D eigenvalue weighted by Gasteiger charge is 2.24. The number of fused-ring (bicyclic) bond motifs is 3. The fraction of sp³-hybridized carbons (Fsp3) is 0.364. The Balaban J connectivity index is 1.41. The zero-order valence-corrected chi connectivity index (χ0v) is 17.6. The first-order chi connectivity index (χ1) is 14.1. The number of nitrogens with one attached hydrogen (secondary N) is 2. The fourth-order valence-corrected chi connectivity index (χ4v) is 5.13. The molecule has 0 atom stereocenters. The molecule has 0 saturated carbocycles. The standard InChI is InChI=1S/C22H25N5OS/c1-14-7-15(2)9-16(8-14)25-22-24-11-19-21(26-22)18-10-17(29-20(18)13-28-19)12-27-5-3-23-4-6-27/h7-11,23H,3-6,12-13H2,1-2H3,(H,24,25,26). The molecule has 0 aliphatic carbocycles. The van der Waals surface area contributed by atoms with Gasteiger partial charge in [0.05, 0.1) is 11.1 Å². The SMILES string of the molecule is Cc1cc(C)cc(Nc2ncc3c(n2)-c2cc(CN4CCNCC4)sc2CO3)c1. The van der Waals surface area contributed by atoms with E-state index in [1.54, 1.807) is 6.20 Å². The molecule has 150 valence electrons. The van der Waals surface area contributed by atoms with Crippen LogP contribution in [-0.2, 0) is 13.2 Å². The van der Waals surface area contributed by atoms with Gasteiger partial charge >= 0.3 is 0 Å². The predicted octanol–water partition coefficient (Wildman–Crippen LogP) is 3.86. The molecule has 29 heavy (non-hydrogen) atoms. The van der Waals surface area contributed by atoms with Crippen LogP contribution in [0.5, 0.6) is 5.75 Å². The number of hydrogen-bond acceptors (Lipinski definition) is 7. The van der Waals surface area contributed by atoms with Crippen molar-refractivity contribution >= 4 is 23.0 Å². The van der Waals surface area contributed by atoms with Crippen molar-refractivity contribution in [1.29, 1.82) is 0 Å². The van der Waals surface area contributed by atoms with Gasteiger partial charge < -0.3 is 15.4 Å². The number of nitrogens with zero attached hydrogens (tertiary/aromatic N) is 3. The topological polar surface area (TPSA) is 62.3 Å². The van der Waals surface area contributed by atoms with Gasteiger partial charge in [0, 0.05) is 48.9 Å². The Kier molecular flexibility index (Phi) is 4.95. The summed E-state index contributed by atoms with van der Waals surface area (Å²) in [5, 5.41) is 6.76. The smallest absolute Gasteiger partial charge is 0.227 e. The molecule has 5 rings (SSSR count). The van der Waals surface area contributed by atoms with Gasteiger partial charge in [0.2, 0.25) is 5.95 Å². The van der Waals surface area contributed by atoms with Crippen LogP contribution in [0.1, 0.15) is 20.9 Å². The van der Waals surface area contributed by atoms with Crippen molar-refractivity contribution in [2.75, 3.05) is 31.5 Å². The van der Waals surface area contributed by atoms with Gasteiger partial charge in [-0.15, -0.1) is 11.3 Å². The average molecular weight is 408 g/mol. The zero-order chi connectivity index (χ0) is 19.8. The van der Waals surface area contributed by atoms with E-state index in [1.807, 2.05) is 11.3 Å². The molecule has 7 heteroatoms. The molecule has 4 heterocycles. The lowest BCUT2D eigenvalue weighted by atomic mass is 10.1. The van der Waals surface area contributed by atoms with Crippen LogP contribution in [0.4, 0.5) is 11.6 Å². The van der Waals surface area contributed by atoms with Crippen molar-refractivity contribution in [3.8, 4) is 17.0 Å². The highest BCUT2D eigenvalue weighted by atomic mass is 32.1. The molecule has 0 unspecified atom stereocenters. The van der Waals surface area contributed by atoms with Crippen molar-refractivity contribution in [3.05, 3.63) is 51.3 Å². The van der Waals surface area contributed by atoms with Crippen molar-refractivity contribution in [1.82, 2.24) is 20.2 Å². The van der Waals surface area contributed by atoms with Crippen LogP contribution in [0.15, 0.2) is 30.5 Å². The van der Waals surface area contributed by atoms with Crippen LogP contribution in [0.2, 0.25) is 0 Å². The minimum atomic E-state index is 0.597. The van der Waals surface area contributed by atoms with Gasteiger partial charge in [-0.3, -0.25) is 4.90 Å². The Hall–Kier alpha value is -2.48. The van der Waals surface area contributed by atoms with E-state index in [9.17, 15) is 0 Å². The number of ether oxygens (including phenoxy) is 1. The van der Waals surface area contributed by atoms with Crippen molar-refractivity contribution in [2.24, 2.45) is 0 Å². The summed E-state index contributed by atoms with van der Waals surface area (Å²) in [6.45, 7) is 10.1. The quantitative estimate of drug-likeness (QED) is 0.685. The summed E-state index contributed by atoms with van der Waals surface area (Å²) in [5.74, 6) is 1.36. The normalized spacial score (nSPS) is 16.1. The van der Waals surface area contributed by atoms with Gasteiger partial charge in [-0.2, -0.15) is 0 Å². The lowest BCUT2D eigenvalue weighted by molar-refractivity contribution is 0.235. The molecule has 0 radical (unpaired) electrons. The molecule has 1 saturated heterocycles. The van der Waals surface area contributed by atoms with Crippen LogP contribution in [0, 0.1) is 13.8 Å². The first kappa shape index (κ1) is 18.5. The summed E-state index contributed by atoms with van der Waals surface area (Å²) in [6.07, 6.45) is 1.78. The number of aromatic nitrogens is 2. The lowest BCUT2D eigenvalue weighted by Gasteiger charge is -2.26. The van der Waals surface area contributed by atoms with E-state index < -0.39 is 0 Å². The summed E-state index contributed by atoms with van der Waals surface area (Å²) in [7, 11) is 0. The summed E-state index contributed by atoms with van der Waals surface area (Å²) >= 11 is 1.84. The average Bonchev–Trinajstić information content (AvgIpc) is 3.11. The molecule has 2 aliphatic rings. The molecular formula is C22H25N5OS. The first-order valence-electron chi connectivity index (χ1n) is 10.0.